The molecule has 1 fully saturated rings. The first-order chi connectivity index (χ1) is 7.33. The zero-order valence-electron chi connectivity index (χ0n) is 8.19. The van der Waals surface area contributed by atoms with Crippen LogP contribution in [0, 0.1) is 16.0 Å². The molecular formula is C10H11N3OS. The summed E-state index contributed by atoms with van der Waals surface area (Å²) in [5.74, 6) is 0. The highest BCUT2D eigenvalue weighted by molar-refractivity contribution is 7.71. The van der Waals surface area contributed by atoms with Crippen LogP contribution in [0.25, 0.3) is 0 Å². The molecule has 0 saturated carbocycles. The van der Waals surface area contributed by atoms with Crippen molar-refractivity contribution in [1.82, 2.24) is 4.98 Å². The number of nitrogens with zero attached hydrogens (tertiary/aromatic N) is 2. The van der Waals surface area contributed by atoms with E-state index in [1.807, 2.05) is 6.07 Å². The Morgan fingerprint density at radius 1 is 1.47 bits per heavy atom. The van der Waals surface area contributed by atoms with Crippen molar-refractivity contribution in [1.29, 1.82) is 5.26 Å². The van der Waals surface area contributed by atoms with Crippen LogP contribution in [0.1, 0.15) is 5.56 Å². The summed E-state index contributed by atoms with van der Waals surface area (Å²) in [5.41, 5.74) is 1.46. The number of nitrogens with one attached hydrogen (secondary N) is 1. The van der Waals surface area contributed by atoms with Gasteiger partial charge in [0.1, 0.15) is 16.3 Å². The number of aromatic nitrogens is 1. The molecule has 0 aliphatic carbocycles. The molecule has 1 aromatic heterocycles. The molecule has 78 valence electrons. The van der Waals surface area contributed by atoms with E-state index in [1.54, 1.807) is 6.20 Å². The molecule has 1 N–H and O–H groups in total. The minimum absolute atomic E-state index is 0.501. The Morgan fingerprint density at radius 3 is 2.87 bits per heavy atom. The quantitative estimate of drug-likeness (QED) is 0.729. The fraction of sp³-hybridized carbons (Fsp3) is 0.400. The number of ether oxygens (including phenoxy) is 1. The lowest BCUT2D eigenvalue weighted by atomic mass is 10.2. The third kappa shape index (κ3) is 2.01. The molecule has 0 bridgehead atoms. The van der Waals surface area contributed by atoms with E-state index in [0.717, 1.165) is 18.8 Å². The van der Waals surface area contributed by atoms with E-state index in [1.165, 1.54) is 0 Å². The van der Waals surface area contributed by atoms with E-state index < -0.39 is 0 Å². The molecule has 0 aromatic carbocycles. The Morgan fingerprint density at radius 2 is 2.20 bits per heavy atom. The van der Waals surface area contributed by atoms with Gasteiger partial charge in [0.25, 0.3) is 0 Å². The van der Waals surface area contributed by atoms with E-state index in [4.69, 9.17) is 22.2 Å². The lowest BCUT2D eigenvalue weighted by Crippen LogP contribution is -2.36. The molecule has 2 heterocycles. The van der Waals surface area contributed by atoms with Gasteiger partial charge in [-0.3, -0.25) is 0 Å². The molecule has 4 nitrogen and oxygen atoms in total. The van der Waals surface area contributed by atoms with Crippen molar-refractivity contribution in [2.75, 3.05) is 31.2 Å². The molecule has 1 aromatic rings. The molecule has 1 aliphatic rings. The normalized spacial score (nSPS) is 16.1. The highest BCUT2D eigenvalue weighted by Crippen LogP contribution is 2.20. The van der Waals surface area contributed by atoms with Crippen molar-refractivity contribution < 1.29 is 4.74 Å². The average Bonchev–Trinajstić information content (AvgIpc) is 2.30. The Hall–Kier alpha value is -1.38. The van der Waals surface area contributed by atoms with Crippen molar-refractivity contribution in [3.05, 3.63) is 22.5 Å². The van der Waals surface area contributed by atoms with Gasteiger partial charge in [-0.1, -0.05) is 12.2 Å². The first-order valence-electron chi connectivity index (χ1n) is 4.77. The summed E-state index contributed by atoms with van der Waals surface area (Å²) in [6, 6.07) is 4.03. The van der Waals surface area contributed by atoms with Crippen LogP contribution in [0.2, 0.25) is 0 Å². The Kier molecular flexibility index (Phi) is 2.99. The van der Waals surface area contributed by atoms with Crippen LogP contribution in [0.3, 0.4) is 0 Å². The summed E-state index contributed by atoms with van der Waals surface area (Å²) >= 11 is 5.07. The summed E-state index contributed by atoms with van der Waals surface area (Å²) in [7, 11) is 0. The van der Waals surface area contributed by atoms with Gasteiger partial charge < -0.3 is 14.6 Å². The molecular weight excluding hydrogens is 210 g/mol. The van der Waals surface area contributed by atoms with E-state index in [0.29, 0.717) is 23.4 Å². The molecule has 1 saturated heterocycles. The molecule has 0 amide bonds. The van der Waals surface area contributed by atoms with Gasteiger partial charge in [0.05, 0.1) is 18.9 Å². The highest BCUT2D eigenvalue weighted by atomic mass is 32.1. The van der Waals surface area contributed by atoms with Crippen molar-refractivity contribution in [3.8, 4) is 6.07 Å². The van der Waals surface area contributed by atoms with Crippen molar-refractivity contribution in [2.45, 2.75) is 0 Å². The molecule has 5 heteroatoms. The number of anilines is 1. The minimum Gasteiger partial charge on any atom is -0.378 e. The SMILES string of the molecule is N#Cc1c(N2CCOCC2)cc[nH]c1=S. The van der Waals surface area contributed by atoms with E-state index >= 15 is 0 Å². The van der Waals surface area contributed by atoms with Crippen LogP contribution < -0.4 is 4.90 Å². The summed E-state index contributed by atoms with van der Waals surface area (Å²) < 4.78 is 5.77. The van der Waals surface area contributed by atoms with E-state index in [9.17, 15) is 0 Å². The minimum atomic E-state index is 0.501. The Labute approximate surface area is 93.1 Å². The Bertz CT molecular complexity index is 443. The molecule has 15 heavy (non-hydrogen) atoms. The molecule has 0 unspecified atom stereocenters. The number of nitriles is 1. The number of aromatic amines is 1. The second kappa shape index (κ2) is 4.43. The monoisotopic (exact) mass is 221 g/mol. The number of hydrogen-bond donors (Lipinski definition) is 1. The van der Waals surface area contributed by atoms with Crippen molar-refractivity contribution in [3.63, 3.8) is 0 Å². The van der Waals surface area contributed by atoms with Gasteiger partial charge in [0, 0.05) is 19.3 Å². The van der Waals surface area contributed by atoms with Crippen LogP contribution in [0.4, 0.5) is 5.69 Å². The predicted octanol–water partition coefficient (Wildman–Crippen LogP) is 1.45. The standard InChI is InChI=1S/C10H11N3OS/c11-7-8-9(1-2-12-10(8)15)13-3-5-14-6-4-13/h1-2H,3-6H2,(H,12,15). The number of H-pyrrole nitrogens is 1. The summed E-state index contributed by atoms with van der Waals surface area (Å²) in [5, 5.41) is 9.04. The molecule has 0 spiro atoms. The maximum Gasteiger partial charge on any atom is 0.123 e. The number of morpholine rings is 1. The van der Waals surface area contributed by atoms with Gasteiger partial charge >= 0.3 is 0 Å². The summed E-state index contributed by atoms with van der Waals surface area (Å²) in [6.07, 6.45) is 1.77. The number of rotatable bonds is 1. The van der Waals surface area contributed by atoms with Gasteiger partial charge in [-0.2, -0.15) is 5.26 Å². The van der Waals surface area contributed by atoms with Crippen LogP contribution in [0.15, 0.2) is 12.3 Å². The molecule has 2 rings (SSSR count). The van der Waals surface area contributed by atoms with Gasteiger partial charge in [-0.15, -0.1) is 0 Å². The van der Waals surface area contributed by atoms with Gasteiger partial charge in [-0.05, 0) is 6.07 Å². The van der Waals surface area contributed by atoms with Crippen LogP contribution in [-0.4, -0.2) is 31.3 Å². The third-order valence-corrected chi connectivity index (χ3v) is 2.72. The third-order valence-electron chi connectivity index (χ3n) is 2.40. The number of hydrogen-bond acceptors (Lipinski definition) is 4. The lowest BCUT2D eigenvalue weighted by Gasteiger charge is -2.29. The zero-order chi connectivity index (χ0) is 10.7. The summed E-state index contributed by atoms with van der Waals surface area (Å²) in [6.45, 7) is 3.04. The maximum atomic E-state index is 9.04. The fourth-order valence-corrected chi connectivity index (χ4v) is 1.86. The van der Waals surface area contributed by atoms with Crippen LogP contribution in [0.5, 0.6) is 0 Å². The average molecular weight is 221 g/mol. The van der Waals surface area contributed by atoms with Crippen LogP contribution in [-0.2, 0) is 4.74 Å². The van der Waals surface area contributed by atoms with Gasteiger partial charge in [-0.25, -0.2) is 0 Å². The fourth-order valence-electron chi connectivity index (χ4n) is 1.64. The zero-order valence-corrected chi connectivity index (χ0v) is 9.01. The summed E-state index contributed by atoms with van der Waals surface area (Å²) in [4.78, 5) is 5.00. The van der Waals surface area contributed by atoms with Crippen molar-refractivity contribution >= 4 is 17.9 Å². The smallest absolute Gasteiger partial charge is 0.123 e. The molecule has 0 radical (unpaired) electrons. The van der Waals surface area contributed by atoms with E-state index in [2.05, 4.69) is 16.0 Å². The molecule has 0 atom stereocenters. The van der Waals surface area contributed by atoms with Gasteiger partial charge in [0.15, 0.2) is 0 Å². The lowest BCUT2D eigenvalue weighted by molar-refractivity contribution is 0.122. The van der Waals surface area contributed by atoms with Crippen LogP contribution >= 0.6 is 12.2 Å². The maximum absolute atomic E-state index is 9.04. The van der Waals surface area contributed by atoms with E-state index in [-0.39, 0.29) is 0 Å². The number of pyridine rings is 1. The predicted molar refractivity (Wildman–Crippen MR) is 59.4 cm³/mol. The molecule has 1 aliphatic heterocycles. The highest BCUT2D eigenvalue weighted by Gasteiger charge is 2.15. The largest absolute Gasteiger partial charge is 0.378 e. The first kappa shape index (κ1) is 10.1. The second-order valence-corrected chi connectivity index (χ2v) is 3.69. The topological polar surface area (TPSA) is 52.1 Å². The second-order valence-electron chi connectivity index (χ2n) is 3.28. The van der Waals surface area contributed by atoms with Gasteiger partial charge in [0.2, 0.25) is 0 Å². The van der Waals surface area contributed by atoms with Crippen molar-refractivity contribution in [2.24, 2.45) is 0 Å². The first-order valence-corrected chi connectivity index (χ1v) is 5.18. The Balaban J connectivity index is 2.39.